The molecule has 0 aliphatic carbocycles. The SMILES string of the molecule is C=C(C)C(=O)OCC(CONC(C)(C)c1cccc(C(C)(C)NOCC(COC(=O)C(=C)C)(COC(=O)C(=C)C)COC(=O)C(=C)C)c1)(COC(=O)C(=C)C)COC(=O)C(=C)C. The van der Waals surface area contributed by atoms with E-state index in [0.29, 0.717) is 0 Å². The van der Waals surface area contributed by atoms with Crippen LogP contribution in [-0.2, 0) is 77.9 Å². The summed E-state index contributed by atoms with van der Waals surface area (Å²) in [6.45, 7) is 35.0. The van der Waals surface area contributed by atoms with E-state index < -0.39 is 57.7 Å². The molecule has 2 N–H and O–H groups in total. The maximum Gasteiger partial charge on any atom is 0.333 e. The molecule has 1 aromatic rings. The van der Waals surface area contributed by atoms with Crippen LogP contribution in [0.5, 0.6) is 0 Å². The molecule has 16 nitrogen and oxygen atoms in total. The van der Waals surface area contributed by atoms with Crippen LogP contribution < -0.4 is 11.0 Å². The first kappa shape index (κ1) is 54.3. The van der Waals surface area contributed by atoms with Gasteiger partial charge in [-0.3, -0.25) is 9.68 Å². The number of carbonyl (C=O) groups is 6. The van der Waals surface area contributed by atoms with Gasteiger partial charge in [0.15, 0.2) is 0 Å². The third-order valence-corrected chi connectivity index (χ3v) is 8.86. The standard InChI is InChI=1S/C46H64N2O14/c1-29(2)37(49)55-21-45(22-56-38(50)30(3)4,23-57-39(51)31(5)6)27-61-47-43(13,14)35-18-17-19-36(20-35)44(15,16)48-62-28-46(24-58-40(52)32(7)8,25-59-41(53)33(9)10)26-60-42(54)34(11)12/h17-20,47-48H,1,3,5,7,9,11,21-28H2,2,4,6,8,10,12-16H3. The minimum Gasteiger partial charge on any atom is -0.461 e. The average molecular weight is 869 g/mol. The lowest BCUT2D eigenvalue weighted by Gasteiger charge is -2.35. The van der Waals surface area contributed by atoms with Gasteiger partial charge in [0.2, 0.25) is 0 Å². The summed E-state index contributed by atoms with van der Waals surface area (Å²) in [5.41, 5.74) is 3.68. The second-order valence-corrected chi connectivity index (χ2v) is 16.8. The number of ether oxygens (including phenoxy) is 6. The highest BCUT2D eigenvalue weighted by Crippen LogP contribution is 2.29. The van der Waals surface area contributed by atoms with Gasteiger partial charge in [0, 0.05) is 33.4 Å². The van der Waals surface area contributed by atoms with E-state index in [1.807, 2.05) is 52.0 Å². The van der Waals surface area contributed by atoms with Crippen molar-refractivity contribution in [2.24, 2.45) is 10.8 Å². The number of hydrogen-bond acceptors (Lipinski definition) is 16. The van der Waals surface area contributed by atoms with Gasteiger partial charge in [-0.05, 0) is 80.4 Å². The molecule has 0 atom stereocenters. The fourth-order valence-electron chi connectivity index (χ4n) is 4.70. The van der Waals surface area contributed by atoms with E-state index in [1.54, 1.807) is 0 Å². The zero-order chi connectivity index (χ0) is 47.6. The van der Waals surface area contributed by atoms with Crippen LogP contribution in [0.3, 0.4) is 0 Å². The molecule has 0 heterocycles. The van der Waals surface area contributed by atoms with Crippen molar-refractivity contribution in [1.82, 2.24) is 11.0 Å². The van der Waals surface area contributed by atoms with E-state index in [-0.39, 0.29) is 86.3 Å². The fraction of sp³-hybridized carbons (Fsp3) is 0.478. The van der Waals surface area contributed by atoms with Crippen LogP contribution in [0, 0.1) is 10.8 Å². The largest absolute Gasteiger partial charge is 0.461 e. The summed E-state index contributed by atoms with van der Waals surface area (Å²) in [7, 11) is 0. The second-order valence-electron chi connectivity index (χ2n) is 16.8. The molecule has 1 aromatic carbocycles. The molecule has 0 saturated heterocycles. The van der Waals surface area contributed by atoms with Crippen molar-refractivity contribution >= 4 is 35.8 Å². The smallest absolute Gasteiger partial charge is 0.333 e. The van der Waals surface area contributed by atoms with Crippen LogP contribution in [0.4, 0.5) is 0 Å². The molecule has 16 heteroatoms. The number of rotatable bonds is 28. The van der Waals surface area contributed by atoms with E-state index in [4.69, 9.17) is 38.1 Å². The second kappa shape index (κ2) is 24.1. The Labute approximate surface area is 365 Å². The molecule has 0 fully saturated rings. The molecule has 1 rings (SSSR count). The van der Waals surface area contributed by atoms with Gasteiger partial charge in [0.1, 0.15) is 39.6 Å². The number of esters is 6. The van der Waals surface area contributed by atoms with Gasteiger partial charge in [-0.1, -0.05) is 63.7 Å². The van der Waals surface area contributed by atoms with Crippen molar-refractivity contribution < 1.29 is 66.9 Å². The lowest BCUT2D eigenvalue weighted by Crippen LogP contribution is -2.47. The van der Waals surface area contributed by atoms with E-state index in [9.17, 15) is 28.8 Å². The molecule has 62 heavy (non-hydrogen) atoms. The Morgan fingerprint density at radius 3 is 0.823 bits per heavy atom. The predicted molar refractivity (Wildman–Crippen MR) is 230 cm³/mol. The first-order valence-electron chi connectivity index (χ1n) is 19.4. The molecule has 0 unspecified atom stereocenters. The van der Waals surface area contributed by atoms with E-state index in [0.717, 1.165) is 11.1 Å². The van der Waals surface area contributed by atoms with Gasteiger partial charge >= 0.3 is 35.8 Å². The van der Waals surface area contributed by atoms with Crippen LogP contribution in [-0.4, -0.2) is 88.7 Å². The van der Waals surface area contributed by atoms with Crippen molar-refractivity contribution in [3.63, 3.8) is 0 Å². The predicted octanol–water partition coefficient (Wildman–Crippen LogP) is 5.89. The van der Waals surface area contributed by atoms with Gasteiger partial charge in [-0.15, -0.1) is 0 Å². The zero-order valence-electron chi connectivity index (χ0n) is 37.9. The zero-order valence-corrected chi connectivity index (χ0v) is 37.9. The molecule has 0 saturated carbocycles. The summed E-state index contributed by atoms with van der Waals surface area (Å²) in [6.07, 6.45) is 0. The number of nitrogens with one attached hydrogen (secondary N) is 2. The molecule has 0 amide bonds. The first-order valence-corrected chi connectivity index (χ1v) is 19.4. The Morgan fingerprint density at radius 1 is 0.419 bits per heavy atom. The maximum atomic E-state index is 12.5. The lowest BCUT2D eigenvalue weighted by atomic mass is 9.88. The summed E-state index contributed by atoms with van der Waals surface area (Å²) in [5, 5.41) is 0. The van der Waals surface area contributed by atoms with Crippen LogP contribution >= 0.6 is 0 Å². The molecular weight excluding hydrogens is 805 g/mol. The Morgan fingerprint density at radius 2 is 0.629 bits per heavy atom. The van der Waals surface area contributed by atoms with Gasteiger partial charge in [0.25, 0.3) is 0 Å². The molecule has 0 aromatic heterocycles. The Bertz CT molecular complexity index is 1630. The van der Waals surface area contributed by atoms with Crippen LogP contribution in [0.2, 0.25) is 0 Å². The van der Waals surface area contributed by atoms with E-state index in [2.05, 4.69) is 50.4 Å². The number of hydrogen-bond donors (Lipinski definition) is 2. The van der Waals surface area contributed by atoms with Gasteiger partial charge in [0.05, 0.1) is 35.1 Å². The van der Waals surface area contributed by atoms with E-state index in [1.165, 1.54) is 41.5 Å². The van der Waals surface area contributed by atoms with Crippen molar-refractivity contribution in [3.8, 4) is 0 Å². The lowest BCUT2D eigenvalue weighted by molar-refractivity contribution is -0.170. The molecule has 0 bridgehead atoms. The number of carbonyl (C=O) groups excluding carboxylic acids is 6. The topological polar surface area (TPSA) is 200 Å². The van der Waals surface area contributed by atoms with Crippen molar-refractivity contribution in [2.75, 3.05) is 52.9 Å². The van der Waals surface area contributed by atoms with Gasteiger partial charge < -0.3 is 28.4 Å². The quantitative estimate of drug-likeness (QED) is 0.0437. The van der Waals surface area contributed by atoms with Crippen LogP contribution in [0.25, 0.3) is 0 Å². The van der Waals surface area contributed by atoms with Crippen LogP contribution in [0.15, 0.2) is 97.2 Å². The summed E-state index contributed by atoms with van der Waals surface area (Å²) >= 11 is 0. The highest BCUT2D eigenvalue weighted by Gasteiger charge is 2.40. The minimum absolute atomic E-state index is 0.122. The van der Waals surface area contributed by atoms with Gasteiger partial charge in [-0.2, -0.15) is 11.0 Å². The van der Waals surface area contributed by atoms with E-state index >= 15 is 0 Å². The summed E-state index contributed by atoms with van der Waals surface area (Å²) < 4.78 is 32.8. The van der Waals surface area contributed by atoms with Gasteiger partial charge in [-0.25, -0.2) is 28.8 Å². The Balaban J connectivity index is 3.42. The maximum absolute atomic E-state index is 12.5. The molecule has 0 spiro atoms. The average Bonchev–Trinajstić information content (AvgIpc) is 3.20. The minimum atomic E-state index is -1.39. The molecule has 0 radical (unpaired) electrons. The third-order valence-electron chi connectivity index (χ3n) is 8.86. The molecular formula is C46H64N2O14. The Kier molecular flexibility index (Phi) is 21.1. The molecule has 342 valence electrons. The normalized spacial score (nSPS) is 11.6. The molecule has 0 aliphatic rings. The fourth-order valence-corrected chi connectivity index (χ4v) is 4.70. The summed E-state index contributed by atoms with van der Waals surface area (Å²) in [5.74, 6) is -4.30. The third kappa shape index (κ3) is 18.1. The van der Waals surface area contributed by atoms with Crippen molar-refractivity contribution in [1.29, 1.82) is 0 Å². The first-order chi connectivity index (χ1) is 28.6. The highest BCUT2D eigenvalue weighted by molar-refractivity contribution is 5.89. The number of hydroxylamine groups is 2. The summed E-state index contributed by atoms with van der Waals surface area (Å²) in [6, 6.07) is 7.43. The van der Waals surface area contributed by atoms with Crippen LogP contribution in [0.1, 0.15) is 80.4 Å². The molecule has 0 aliphatic heterocycles. The van der Waals surface area contributed by atoms with Crippen molar-refractivity contribution in [3.05, 3.63) is 108 Å². The highest BCUT2D eigenvalue weighted by atomic mass is 16.7. The number of benzene rings is 1. The Hall–Kier alpha value is -5.68. The monoisotopic (exact) mass is 868 g/mol. The van der Waals surface area contributed by atoms with Crippen molar-refractivity contribution in [2.45, 2.75) is 80.3 Å². The summed E-state index contributed by atoms with van der Waals surface area (Å²) in [4.78, 5) is 86.8.